The highest BCUT2D eigenvalue weighted by molar-refractivity contribution is 5.93. The summed E-state index contributed by atoms with van der Waals surface area (Å²) in [6.45, 7) is 4.84. The summed E-state index contributed by atoms with van der Waals surface area (Å²) in [7, 11) is 0. The normalized spacial score (nSPS) is 16.8. The van der Waals surface area contributed by atoms with Crippen molar-refractivity contribution in [3.05, 3.63) is 65.7 Å². The summed E-state index contributed by atoms with van der Waals surface area (Å²) < 4.78 is 5.17. The molecular formula is C25H30N2O4. The van der Waals surface area contributed by atoms with Gasteiger partial charge in [0.05, 0.1) is 5.92 Å². The summed E-state index contributed by atoms with van der Waals surface area (Å²) in [6.07, 6.45) is 1.92. The molecule has 2 amide bonds. The van der Waals surface area contributed by atoms with E-state index in [-0.39, 0.29) is 18.9 Å². The van der Waals surface area contributed by atoms with Gasteiger partial charge in [0.25, 0.3) is 5.91 Å². The molecule has 2 aromatic carbocycles. The van der Waals surface area contributed by atoms with Crippen LogP contribution in [0.3, 0.4) is 0 Å². The van der Waals surface area contributed by atoms with E-state index >= 15 is 0 Å². The minimum atomic E-state index is -0.522. The number of carbonyl (C=O) groups is 3. The fourth-order valence-corrected chi connectivity index (χ4v) is 3.64. The molecule has 1 fully saturated rings. The fourth-order valence-electron chi connectivity index (χ4n) is 3.64. The quantitative estimate of drug-likeness (QED) is 0.624. The molecule has 1 aliphatic rings. The van der Waals surface area contributed by atoms with Crippen LogP contribution in [0.5, 0.6) is 0 Å². The average molecular weight is 423 g/mol. The summed E-state index contributed by atoms with van der Waals surface area (Å²) in [5.41, 5.74) is 3.03. The zero-order chi connectivity index (χ0) is 22.2. The number of anilines is 1. The molecule has 0 spiro atoms. The second-order valence-corrected chi connectivity index (χ2v) is 8.06. The Balaban J connectivity index is 1.41. The monoisotopic (exact) mass is 422 g/mol. The summed E-state index contributed by atoms with van der Waals surface area (Å²) in [5.74, 6) is -1.01. The van der Waals surface area contributed by atoms with Gasteiger partial charge in [0.1, 0.15) is 0 Å². The smallest absolute Gasteiger partial charge is 0.311 e. The van der Waals surface area contributed by atoms with E-state index in [1.807, 2.05) is 54.6 Å². The van der Waals surface area contributed by atoms with Gasteiger partial charge in [0, 0.05) is 25.2 Å². The Bertz CT molecular complexity index is 895. The van der Waals surface area contributed by atoms with Crippen molar-refractivity contribution >= 4 is 23.5 Å². The Morgan fingerprint density at radius 2 is 1.84 bits per heavy atom. The first-order chi connectivity index (χ1) is 15.0. The second kappa shape index (κ2) is 10.8. The van der Waals surface area contributed by atoms with Crippen molar-refractivity contribution in [1.82, 2.24) is 4.90 Å². The van der Waals surface area contributed by atoms with E-state index < -0.39 is 17.8 Å². The number of esters is 1. The number of nitrogens with one attached hydrogen (secondary N) is 1. The van der Waals surface area contributed by atoms with E-state index in [1.54, 1.807) is 4.90 Å². The van der Waals surface area contributed by atoms with Gasteiger partial charge < -0.3 is 15.0 Å². The number of hydrogen-bond donors (Lipinski definition) is 1. The number of carbonyl (C=O) groups excluding carboxylic acids is 3. The van der Waals surface area contributed by atoms with E-state index in [1.165, 1.54) is 5.56 Å². The fraction of sp³-hybridized carbons (Fsp3) is 0.400. The minimum absolute atomic E-state index is 0.0521. The standard InChI is InChI=1S/C25H30N2O4/c1-3-18(2)20-9-11-22(12-10-20)26-23(28)17-31-25(30)21-15-24(29)27(16-21)14-13-19-7-5-4-6-8-19/h4-12,18,21H,3,13-17H2,1-2H3,(H,26,28)/t18-,21+/m0/s1. The molecule has 164 valence electrons. The topological polar surface area (TPSA) is 75.7 Å². The van der Waals surface area contributed by atoms with Gasteiger partial charge in [-0.1, -0.05) is 56.3 Å². The highest BCUT2D eigenvalue weighted by atomic mass is 16.5. The molecule has 1 N–H and O–H groups in total. The van der Waals surface area contributed by atoms with Crippen LogP contribution >= 0.6 is 0 Å². The number of ether oxygens (including phenoxy) is 1. The Labute approximate surface area is 183 Å². The lowest BCUT2D eigenvalue weighted by Crippen LogP contribution is -2.29. The molecule has 2 aromatic rings. The molecule has 0 unspecified atom stereocenters. The van der Waals surface area contributed by atoms with E-state index in [4.69, 9.17) is 4.74 Å². The van der Waals surface area contributed by atoms with Gasteiger partial charge >= 0.3 is 5.97 Å². The number of likely N-dealkylation sites (tertiary alicyclic amines) is 1. The van der Waals surface area contributed by atoms with Gasteiger partial charge in [-0.05, 0) is 42.0 Å². The van der Waals surface area contributed by atoms with Crippen LogP contribution in [0, 0.1) is 5.92 Å². The van der Waals surface area contributed by atoms with Crippen LogP contribution in [-0.4, -0.2) is 42.4 Å². The molecule has 6 heteroatoms. The molecular weight excluding hydrogens is 392 g/mol. The van der Waals surface area contributed by atoms with Crippen molar-refractivity contribution in [2.24, 2.45) is 5.92 Å². The third-order valence-corrected chi connectivity index (χ3v) is 5.78. The highest BCUT2D eigenvalue weighted by Crippen LogP contribution is 2.21. The maximum Gasteiger partial charge on any atom is 0.311 e. The van der Waals surface area contributed by atoms with Crippen molar-refractivity contribution in [2.45, 2.75) is 39.0 Å². The Morgan fingerprint density at radius 3 is 2.52 bits per heavy atom. The maximum atomic E-state index is 12.3. The predicted molar refractivity (Wildman–Crippen MR) is 120 cm³/mol. The molecule has 1 aliphatic heterocycles. The van der Waals surface area contributed by atoms with Crippen LogP contribution < -0.4 is 5.32 Å². The van der Waals surface area contributed by atoms with Crippen LogP contribution in [-0.2, 0) is 25.5 Å². The third-order valence-electron chi connectivity index (χ3n) is 5.78. The SMILES string of the molecule is CC[C@H](C)c1ccc(NC(=O)COC(=O)[C@@H]2CC(=O)N(CCc3ccccc3)C2)cc1. The molecule has 0 aromatic heterocycles. The first-order valence-corrected chi connectivity index (χ1v) is 10.8. The molecule has 0 radical (unpaired) electrons. The third kappa shape index (κ3) is 6.41. The average Bonchev–Trinajstić information content (AvgIpc) is 3.17. The molecule has 0 bridgehead atoms. The predicted octanol–water partition coefficient (Wildman–Crippen LogP) is 3.77. The van der Waals surface area contributed by atoms with Gasteiger partial charge in [0.2, 0.25) is 5.91 Å². The molecule has 2 atom stereocenters. The summed E-state index contributed by atoms with van der Waals surface area (Å²) in [4.78, 5) is 38.4. The summed E-state index contributed by atoms with van der Waals surface area (Å²) in [5, 5.41) is 2.73. The van der Waals surface area contributed by atoms with Gasteiger partial charge in [-0.15, -0.1) is 0 Å². The van der Waals surface area contributed by atoms with Crippen molar-refractivity contribution in [3.63, 3.8) is 0 Å². The van der Waals surface area contributed by atoms with Crippen molar-refractivity contribution in [3.8, 4) is 0 Å². The van der Waals surface area contributed by atoms with Gasteiger partial charge in [-0.25, -0.2) is 0 Å². The summed E-state index contributed by atoms with van der Waals surface area (Å²) in [6, 6.07) is 17.6. The van der Waals surface area contributed by atoms with Crippen molar-refractivity contribution < 1.29 is 19.1 Å². The zero-order valence-electron chi connectivity index (χ0n) is 18.2. The molecule has 1 saturated heterocycles. The molecule has 0 saturated carbocycles. The highest BCUT2D eigenvalue weighted by Gasteiger charge is 2.35. The van der Waals surface area contributed by atoms with Crippen LogP contribution in [0.4, 0.5) is 5.69 Å². The van der Waals surface area contributed by atoms with E-state index in [2.05, 4.69) is 19.2 Å². The van der Waals surface area contributed by atoms with Gasteiger partial charge in [-0.3, -0.25) is 14.4 Å². The number of amides is 2. The van der Waals surface area contributed by atoms with Gasteiger partial charge in [-0.2, -0.15) is 0 Å². The molecule has 1 heterocycles. The van der Waals surface area contributed by atoms with E-state index in [9.17, 15) is 14.4 Å². The number of benzene rings is 2. The van der Waals surface area contributed by atoms with Crippen LogP contribution in [0.1, 0.15) is 43.7 Å². The van der Waals surface area contributed by atoms with E-state index in [0.29, 0.717) is 24.7 Å². The molecule has 6 nitrogen and oxygen atoms in total. The number of hydrogen-bond acceptors (Lipinski definition) is 4. The largest absolute Gasteiger partial charge is 0.455 e. The zero-order valence-corrected chi connectivity index (χ0v) is 18.2. The maximum absolute atomic E-state index is 12.3. The van der Waals surface area contributed by atoms with Crippen LogP contribution in [0.2, 0.25) is 0 Å². The molecule has 3 rings (SSSR count). The molecule has 31 heavy (non-hydrogen) atoms. The minimum Gasteiger partial charge on any atom is -0.455 e. The van der Waals surface area contributed by atoms with E-state index in [0.717, 1.165) is 18.4 Å². The lowest BCUT2D eigenvalue weighted by Gasteiger charge is -2.16. The van der Waals surface area contributed by atoms with Crippen molar-refractivity contribution in [2.75, 3.05) is 25.0 Å². The second-order valence-electron chi connectivity index (χ2n) is 8.06. The molecule has 0 aliphatic carbocycles. The Kier molecular flexibility index (Phi) is 7.82. The van der Waals surface area contributed by atoms with Crippen LogP contribution in [0.25, 0.3) is 0 Å². The van der Waals surface area contributed by atoms with Crippen molar-refractivity contribution in [1.29, 1.82) is 0 Å². The first-order valence-electron chi connectivity index (χ1n) is 10.8. The summed E-state index contributed by atoms with van der Waals surface area (Å²) >= 11 is 0. The Morgan fingerprint density at radius 1 is 1.13 bits per heavy atom. The van der Waals surface area contributed by atoms with Crippen LogP contribution in [0.15, 0.2) is 54.6 Å². The Hall–Kier alpha value is -3.15. The lowest BCUT2D eigenvalue weighted by atomic mass is 9.99. The first kappa shape index (κ1) is 22.5. The number of rotatable bonds is 9. The number of nitrogens with zero attached hydrogens (tertiary/aromatic N) is 1. The lowest BCUT2D eigenvalue weighted by molar-refractivity contribution is -0.151. The van der Waals surface area contributed by atoms with Gasteiger partial charge in [0.15, 0.2) is 6.61 Å².